The third-order valence-corrected chi connectivity index (χ3v) is 2.51. The van der Waals surface area contributed by atoms with Gasteiger partial charge in [-0.3, -0.25) is 4.98 Å². The Bertz CT molecular complexity index is 600. The summed E-state index contributed by atoms with van der Waals surface area (Å²) in [6.45, 7) is 0. The normalized spacial score (nSPS) is 14.9. The Morgan fingerprint density at radius 2 is 1.79 bits per heavy atom. The number of alkyl halides is 6. The van der Waals surface area contributed by atoms with Crippen LogP contribution >= 0.6 is 0 Å². The van der Waals surface area contributed by atoms with E-state index in [4.69, 9.17) is 5.11 Å². The van der Waals surface area contributed by atoms with Crippen molar-refractivity contribution in [1.82, 2.24) is 9.97 Å². The fourth-order valence-electron chi connectivity index (χ4n) is 1.74. The fraction of sp³-hybridized carbons (Fsp3) is 0.300. The lowest BCUT2D eigenvalue weighted by molar-refractivity contribution is -0.209. The summed E-state index contributed by atoms with van der Waals surface area (Å²) in [5, 5.41) is 8.75. The van der Waals surface area contributed by atoms with Gasteiger partial charge in [-0.05, 0) is 6.07 Å². The van der Waals surface area contributed by atoms with Crippen LogP contribution in [0.2, 0.25) is 0 Å². The minimum absolute atomic E-state index is 0.229. The molecule has 0 aliphatic carbocycles. The molecule has 2 N–H and O–H groups in total. The van der Waals surface area contributed by atoms with Gasteiger partial charge in [0.2, 0.25) is 0 Å². The average molecular weight is 284 g/mol. The lowest BCUT2D eigenvalue weighted by Crippen LogP contribution is -2.23. The summed E-state index contributed by atoms with van der Waals surface area (Å²) >= 11 is 0. The van der Waals surface area contributed by atoms with Crippen molar-refractivity contribution in [2.24, 2.45) is 0 Å². The summed E-state index contributed by atoms with van der Waals surface area (Å²) in [6.07, 6.45) is -11.5. The fourth-order valence-corrected chi connectivity index (χ4v) is 1.74. The predicted molar refractivity (Wildman–Crippen MR) is 52.1 cm³/mol. The summed E-state index contributed by atoms with van der Waals surface area (Å²) in [5.41, 5.74) is -3.09. The summed E-state index contributed by atoms with van der Waals surface area (Å²) in [6, 6.07) is 0.978. The first-order valence-corrected chi connectivity index (χ1v) is 4.90. The van der Waals surface area contributed by atoms with Crippen LogP contribution in [0.1, 0.15) is 17.4 Å². The Labute approximate surface area is 101 Å². The lowest BCUT2D eigenvalue weighted by atomic mass is 10.1. The molecule has 0 fully saturated rings. The molecular weight excluding hydrogens is 278 g/mol. The molecule has 0 saturated carbocycles. The third kappa shape index (κ3) is 2.37. The molecule has 2 heterocycles. The number of pyridine rings is 1. The van der Waals surface area contributed by atoms with E-state index in [1.54, 1.807) is 0 Å². The van der Waals surface area contributed by atoms with Crippen LogP contribution < -0.4 is 0 Å². The van der Waals surface area contributed by atoms with E-state index in [-0.39, 0.29) is 10.9 Å². The van der Waals surface area contributed by atoms with Crippen molar-refractivity contribution in [2.75, 3.05) is 0 Å². The summed E-state index contributed by atoms with van der Waals surface area (Å²) in [7, 11) is 0. The molecule has 0 aromatic carbocycles. The molecule has 1 unspecified atom stereocenters. The van der Waals surface area contributed by atoms with E-state index >= 15 is 0 Å². The highest BCUT2D eigenvalue weighted by molar-refractivity contribution is 5.84. The molecule has 0 bridgehead atoms. The smallest absolute Gasteiger partial charge is 0.379 e. The molecule has 0 saturated heterocycles. The molecule has 9 heteroatoms. The number of hydrogen-bond donors (Lipinski definition) is 2. The van der Waals surface area contributed by atoms with Crippen molar-refractivity contribution in [1.29, 1.82) is 0 Å². The zero-order valence-electron chi connectivity index (χ0n) is 8.97. The maximum atomic E-state index is 12.7. The van der Waals surface area contributed by atoms with Gasteiger partial charge < -0.3 is 10.1 Å². The molecule has 0 aliphatic heterocycles. The number of hydrogen-bond acceptors (Lipinski definition) is 2. The van der Waals surface area contributed by atoms with Crippen molar-refractivity contribution in [2.45, 2.75) is 18.5 Å². The molecule has 104 valence electrons. The minimum Gasteiger partial charge on any atom is -0.379 e. The first-order chi connectivity index (χ1) is 8.62. The second-order valence-corrected chi connectivity index (χ2v) is 3.78. The number of aliphatic hydroxyl groups excluding tert-OH is 1. The maximum absolute atomic E-state index is 12.7. The second-order valence-electron chi connectivity index (χ2n) is 3.78. The largest absolute Gasteiger partial charge is 0.431 e. The molecule has 3 nitrogen and oxygen atoms in total. The Morgan fingerprint density at radius 3 is 2.32 bits per heavy atom. The number of nitrogens with zero attached hydrogens (tertiary/aromatic N) is 1. The van der Waals surface area contributed by atoms with Crippen molar-refractivity contribution in [3.63, 3.8) is 0 Å². The molecule has 0 radical (unpaired) electrons. The van der Waals surface area contributed by atoms with Gasteiger partial charge in [0.15, 0.2) is 6.10 Å². The Kier molecular flexibility index (Phi) is 2.96. The number of rotatable bonds is 1. The minimum atomic E-state index is -5.20. The van der Waals surface area contributed by atoms with Crippen LogP contribution in [0.15, 0.2) is 18.5 Å². The van der Waals surface area contributed by atoms with E-state index < -0.39 is 29.7 Å². The summed E-state index contributed by atoms with van der Waals surface area (Å²) in [4.78, 5) is 5.32. The van der Waals surface area contributed by atoms with Crippen LogP contribution in [0.25, 0.3) is 10.9 Å². The van der Waals surface area contributed by atoms with E-state index in [0.29, 0.717) is 0 Å². The van der Waals surface area contributed by atoms with Gasteiger partial charge in [-0.15, -0.1) is 0 Å². The molecule has 0 aliphatic rings. The summed E-state index contributed by atoms with van der Waals surface area (Å²) in [5.74, 6) is 0. The number of nitrogens with one attached hydrogen (secondary N) is 1. The molecule has 0 amide bonds. The van der Waals surface area contributed by atoms with E-state index in [1.165, 1.54) is 0 Å². The molecule has 19 heavy (non-hydrogen) atoms. The highest BCUT2D eigenvalue weighted by Gasteiger charge is 2.47. The van der Waals surface area contributed by atoms with Crippen LogP contribution in [0.3, 0.4) is 0 Å². The van der Waals surface area contributed by atoms with E-state index in [0.717, 1.165) is 18.5 Å². The Morgan fingerprint density at radius 1 is 1.16 bits per heavy atom. The van der Waals surface area contributed by atoms with E-state index in [9.17, 15) is 26.3 Å². The Balaban J connectivity index is 2.75. The zero-order valence-corrected chi connectivity index (χ0v) is 8.97. The standard InChI is InChI=1S/C10H6F6N2O/c11-9(12,13)7-6(8(19)10(14,15)16)4-1-2-17-3-5(4)18-7/h1-3,8,18-19H. The zero-order chi connectivity index (χ0) is 14.4. The van der Waals surface area contributed by atoms with Crippen LogP contribution in [-0.2, 0) is 6.18 Å². The van der Waals surface area contributed by atoms with Crippen LogP contribution in [0, 0.1) is 0 Å². The van der Waals surface area contributed by atoms with Gasteiger partial charge in [0.05, 0.1) is 11.7 Å². The molecule has 2 rings (SSSR count). The lowest BCUT2D eigenvalue weighted by Gasteiger charge is -2.17. The van der Waals surface area contributed by atoms with Crippen LogP contribution in [0.5, 0.6) is 0 Å². The van der Waals surface area contributed by atoms with Crippen molar-refractivity contribution in [3.05, 3.63) is 29.7 Å². The highest BCUT2D eigenvalue weighted by atomic mass is 19.4. The molecule has 2 aromatic rings. The quantitative estimate of drug-likeness (QED) is 0.790. The SMILES string of the molecule is OC(c1c(C(F)(F)F)[nH]c2cnccc12)C(F)(F)F. The number of fused-ring (bicyclic) bond motifs is 1. The monoisotopic (exact) mass is 284 g/mol. The number of aromatic nitrogens is 2. The van der Waals surface area contributed by atoms with Crippen molar-refractivity contribution >= 4 is 10.9 Å². The van der Waals surface area contributed by atoms with Gasteiger partial charge in [0.25, 0.3) is 0 Å². The van der Waals surface area contributed by atoms with Gasteiger partial charge in [0, 0.05) is 17.1 Å². The van der Waals surface area contributed by atoms with Gasteiger partial charge >= 0.3 is 12.4 Å². The number of halogens is 6. The average Bonchev–Trinajstić information content (AvgIpc) is 2.65. The van der Waals surface area contributed by atoms with Gasteiger partial charge in [-0.2, -0.15) is 26.3 Å². The van der Waals surface area contributed by atoms with E-state index in [2.05, 4.69) is 4.98 Å². The van der Waals surface area contributed by atoms with Gasteiger partial charge in [-0.1, -0.05) is 0 Å². The second kappa shape index (κ2) is 4.12. The summed E-state index contributed by atoms with van der Waals surface area (Å²) < 4.78 is 75.5. The molecular formula is C10H6F6N2O. The molecule has 0 spiro atoms. The van der Waals surface area contributed by atoms with Crippen molar-refractivity contribution in [3.8, 4) is 0 Å². The number of H-pyrrole nitrogens is 1. The van der Waals surface area contributed by atoms with Gasteiger partial charge in [0.1, 0.15) is 5.69 Å². The molecule has 1 atom stereocenters. The van der Waals surface area contributed by atoms with Crippen LogP contribution in [0.4, 0.5) is 26.3 Å². The molecule has 2 aromatic heterocycles. The maximum Gasteiger partial charge on any atom is 0.431 e. The Hall–Kier alpha value is -1.77. The predicted octanol–water partition coefficient (Wildman–Crippen LogP) is 3.18. The topological polar surface area (TPSA) is 48.9 Å². The van der Waals surface area contributed by atoms with Gasteiger partial charge in [-0.25, -0.2) is 0 Å². The van der Waals surface area contributed by atoms with Crippen molar-refractivity contribution < 1.29 is 31.4 Å². The van der Waals surface area contributed by atoms with E-state index in [1.807, 2.05) is 4.98 Å². The third-order valence-electron chi connectivity index (χ3n) is 2.51. The number of aromatic amines is 1. The van der Waals surface area contributed by atoms with Crippen LogP contribution in [-0.4, -0.2) is 21.3 Å². The first-order valence-electron chi connectivity index (χ1n) is 4.90. The number of aliphatic hydroxyl groups is 1. The highest BCUT2D eigenvalue weighted by Crippen LogP contribution is 2.43. The first kappa shape index (κ1) is 13.7.